The van der Waals surface area contributed by atoms with Crippen molar-refractivity contribution in [3.05, 3.63) is 29.8 Å². The summed E-state index contributed by atoms with van der Waals surface area (Å²) in [5, 5.41) is 4.02. The largest absolute Gasteiger partial charge is 0.378 e. The fraction of sp³-hybridized carbons (Fsp3) is 0.385. The third-order valence-electron chi connectivity index (χ3n) is 3.12. The van der Waals surface area contributed by atoms with Crippen LogP contribution in [-0.4, -0.2) is 36.4 Å². The standard InChI is InChI=1S/C13H16N4O2/c14-9-10-2-1-3-11(8-10)12-15-13(16-19-12)17-4-6-18-7-5-17/h1-3,8H,4-7,9,14H2. The van der Waals surface area contributed by atoms with E-state index in [2.05, 4.69) is 15.0 Å². The van der Waals surface area contributed by atoms with Crippen molar-refractivity contribution in [2.24, 2.45) is 5.73 Å². The van der Waals surface area contributed by atoms with E-state index in [-0.39, 0.29) is 0 Å². The molecule has 1 saturated heterocycles. The molecule has 0 unspecified atom stereocenters. The van der Waals surface area contributed by atoms with Gasteiger partial charge in [0.2, 0.25) is 0 Å². The summed E-state index contributed by atoms with van der Waals surface area (Å²) in [6.07, 6.45) is 0. The highest BCUT2D eigenvalue weighted by molar-refractivity contribution is 5.55. The number of ether oxygens (including phenoxy) is 1. The number of rotatable bonds is 3. The molecule has 0 atom stereocenters. The van der Waals surface area contributed by atoms with Crippen molar-refractivity contribution in [3.8, 4) is 11.5 Å². The topological polar surface area (TPSA) is 77.4 Å². The Morgan fingerprint density at radius 1 is 1.26 bits per heavy atom. The SMILES string of the molecule is NCc1cccc(-c2nc(N3CCOCC3)no2)c1. The van der Waals surface area contributed by atoms with Gasteiger partial charge in [-0.3, -0.25) is 0 Å². The molecule has 2 N–H and O–H groups in total. The average molecular weight is 260 g/mol. The highest BCUT2D eigenvalue weighted by Gasteiger charge is 2.17. The zero-order valence-electron chi connectivity index (χ0n) is 10.6. The molecule has 100 valence electrons. The minimum absolute atomic E-state index is 0.498. The van der Waals surface area contributed by atoms with Crippen LogP contribution in [-0.2, 0) is 11.3 Å². The van der Waals surface area contributed by atoms with Gasteiger partial charge in [0.25, 0.3) is 11.8 Å². The third-order valence-corrected chi connectivity index (χ3v) is 3.12. The quantitative estimate of drug-likeness (QED) is 0.888. The van der Waals surface area contributed by atoms with Crippen LogP contribution in [0, 0.1) is 0 Å². The number of hydrogen-bond acceptors (Lipinski definition) is 6. The first-order valence-corrected chi connectivity index (χ1v) is 6.32. The van der Waals surface area contributed by atoms with E-state index in [1.54, 1.807) is 0 Å². The summed E-state index contributed by atoms with van der Waals surface area (Å²) in [5.41, 5.74) is 7.57. The van der Waals surface area contributed by atoms with Crippen molar-refractivity contribution in [1.82, 2.24) is 10.1 Å². The lowest BCUT2D eigenvalue weighted by Gasteiger charge is -2.24. The van der Waals surface area contributed by atoms with Gasteiger partial charge in [0.1, 0.15) is 0 Å². The third kappa shape index (κ3) is 2.59. The van der Waals surface area contributed by atoms with Gasteiger partial charge in [-0.15, -0.1) is 0 Å². The molecule has 1 aliphatic rings. The lowest BCUT2D eigenvalue weighted by atomic mass is 10.1. The second-order valence-corrected chi connectivity index (χ2v) is 4.40. The Balaban J connectivity index is 1.83. The average Bonchev–Trinajstić information content (AvgIpc) is 2.98. The van der Waals surface area contributed by atoms with Gasteiger partial charge in [0, 0.05) is 25.2 Å². The molecule has 0 spiro atoms. The summed E-state index contributed by atoms with van der Waals surface area (Å²) in [7, 11) is 0. The molecule has 1 aliphatic heterocycles. The summed E-state index contributed by atoms with van der Waals surface area (Å²) >= 11 is 0. The molecule has 0 amide bonds. The van der Waals surface area contributed by atoms with Crippen LogP contribution in [0.5, 0.6) is 0 Å². The second-order valence-electron chi connectivity index (χ2n) is 4.40. The minimum Gasteiger partial charge on any atom is -0.378 e. The fourth-order valence-corrected chi connectivity index (χ4v) is 2.06. The smallest absolute Gasteiger partial charge is 0.266 e. The summed E-state index contributed by atoms with van der Waals surface area (Å²) in [4.78, 5) is 6.49. The maximum Gasteiger partial charge on any atom is 0.266 e. The van der Waals surface area contributed by atoms with Crippen molar-refractivity contribution >= 4 is 5.95 Å². The molecule has 0 radical (unpaired) electrons. The fourth-order valence-electron chi connectivity index (χ4n) is 2.06. The number of aromatic nitrogens is 2. The lowest BCUT2D eigenvalue weighted by Crippen LogP contribution is -2.36. The molecular formula is C13H16N4O2. The number of nitrogens with zero attached hydrogens (tertiary/aromatic N) is 3. The van der Waals surface area contributed by atoms with E-state index in [1.165, 1.54) is 0 Å². The highest BCUT2D eigenvalue weighted by Crippen LogP contribution is 2.21. The molecule has 0 saturated carbocycles. The maximum atomic E-state index is 5.63. The minimum atomic E-state index is 0.498. The van der Waals surface area contributed by atoms with Crippen LogP contribution in [0.4, 0.5) is 5.95 Å². The molecule has 6 nitrogen and oxygen atoms in total. The zero-order valence-corrected chi connectivity index (χ0v) is 10.6. The van der Waals surface area contributed by atoms with Gasteiger partial charge >= 0.3 is 0 Å². The van der Waals surface area contributed by atoms with Crippen molar-refractivity contribution in [2.75, 3.05) is 31.2 Å². The molecule has 0 aliphatic carbocycles. The van der Waals surface area contributed by atoms with Crippen LogP contribution < -0.4 is 10.6 Å². The van der Waals surface area contributed by atoms with E-state index in [0.29, 0.717) is 31.6 Å². The summed E-state index contributed by atoms with van der Waals surface area (Å²) < 4.78 is 10.6. The molecule has 2 aromatic rings. The molecule has 1 fully saturated rings. The van der Waals surface area contributed by atoms with Crippen molar-refractivity contribution in [1.29, 1.82) is 0 Å². The molecular weight excluding hydrogens is 244 g/mol. The van der Waals surface area contributed by atoms with Crippen molar-refractivity contribution in [2.45, 2.75) is 6.54 Å². The molecule has 3 rings (SSSR count). The van der Waals surface area contributed by atoms with Gasteiger partial charge in [-0.05, 0) is 22.9 Å². The van der Waals surface area contributed by atoms with Crippen LogP contribution >= 0.6 is 0 Å². The van der Waals surface area contributed by atoms with Gasteiger partial charge in [-0.25, -0.2) is 0 Å². The summed E-state index contributed by atoms with van der Waals surface area (Å²) in [5.74, 6) is 1.15. The Morgan fingerprint density at radius 2 is 2.11 bits per heavy atom. The summed E-state index contributed by atoms with van der Waals surface area (Å²) in [6.45, 7) is 3.49. The van der Waals surface area contributed by atoms with Crippen LogP contribution in [0.25, 0.3) is 11.5 Å². The first-order valence-electron chi connectivity index (χ1n) is 6.32. The Bertz CT molecular complexity index is 549. The van der Waals surface area contributed by atoms with Crippen LogP contribution in [0.1, 0.15) is 5.56 Å². The maximum absolute atomic E-state index is 5.63. The zero-order chi connectivity index (χ0) is 13.1. The van der Waals surface area contributed by atoms with E-state index in [1.807, 2.05) is 24.3 Å². The van der Waals surface area contributed by atoms with Crippen LogP contribution in [0.3, 0.4) is 0 Å². The Labute approximate surface area is 111 Å². The first-order chi connectivity index (χ1) is 9.36. The van der Waals surface area contributed by atoms with Gasteiger partial charge in [0.15, 0.2) is 0 Å². The van der Waals surface area contributed by atoms with Crippen molar-refractivity contribution < 1.29 is 9.26 Å². The van der Waals surface area contributed by atoms with E-state index < -0.39 is 0 Å². The Morgan fingerprint density at radius 3 is 2.89 bits per heavy atom. The highest BCUT2D eigenvalue weighted by atomic mass is 16.5. The van der Waals surface area contributed by atoms with E-state index in [0.717, 1.165) is 24.2 Å². The molecule has 1 aromatic heterocycles. The number of hydrogen-bond donors (Lipinski definition) is 1. The number of benzene rings is 1. The molecule has 6 heteroatoms. The predicted molar refractivity (Wildman–Crippen MR) is 70.7 cm³/mol. The van der Waals surface area contributed by atoms with Crippen LogP contribution in [0.15, 0.2) is 28.8 Å². The first kappa shape index (κ1) is 12.1. The van der Waals surface area contributed by atoms with E-state index in [9.17, 15) is 0 Å². The number of anilines is 1. The molecule has 2 heterocycles. The molecule has 0 bridgehead atoms. The van der Waals surface area contributed by atoms with Gasteiger partial charge < -0.3 is 19.9 Å². The van der Waals surface area contributed by atoms with Gasteiger partial charge in [-0.1, -0.05) is 12.1 Å². The lowest BCUT2D eigenvalue weighted by molar-refractivity contribution is 0.121. The van der Waals surface area contributed by atoms with Gasteiger partial charge in [0.05, 0.1) is 13.2 Å². The normalized spacial score (nSPS) is 15.7. The second kappa shape index (κ2) is 5.38. The van der Waals surface area contributed by atoms with Crippen LogP contribution in [0.2, 0.25) is 0 Å². The van der Waals surface area contributed by atoms with E-state index >= 15 is 0 Å². The number of morpholine rings is 1. The predicted octanol–water partition coefficient (Wildman–Crippen LogP) is 1.03. The monoisotopic (exact) mass is 260 g/mol. The van der Waals surface area contributed by atoms with E-state index in [4.69, 9.17) is 15.0 Å². The number of nitrogens with two attached hydrogens (primary N) is 1. The Hall–Kier alpha value is -1.92. The van der Waals surface area contributed by atoms with Gasteiger partial charge in [-0.2, -0.15) is 4.98 Å². The summed E-state index contributed by atoms with van der Waals surface area (Å²) in [6, 6.07) is 7.82. The molecule has 19 heavy (non-hydrogen) atoms. The molecule has 1 aromatic carbocycles. The Kier molecular flexibility index (Phi) is 3.43. The van der Waals surface area contributed by atoms with Crippen molar-refractivity contribution in [3.63, 3.8) is 0 Å².